The number of nitro benzene ring substituents is 1. The molecule has 2 aliphatic carbocycles. The van der Waals surface area contributed by atoms with Gasteiger partial charge >= 0.3 is 0 Å². The number of hydrogen-bond acceptors (Lipinski definition) is 7. The normalized spacial score (nSPS) is 30.6. The van der Waals surface area contributed by atoms with Gasteiger partial charge in [0.1, 0.15) is 11.6 Å². The number of anilines is 2. The van der Waals surface area contributed by atoms with Crippen LogP contribution in [0.3, 0.4) is 0 Å². The van der Waals surface area contributed by atoms with Crippen LogP contribution in [0.2, 0.25) is 0 Å². The molecule has 6 atom stereocenters. The predicted octanol–water partition coefficient (Wildman–Crippen LogP) is 5.21. The first-order valence-electron chi connectivity index (χ1n) is 14.0. The second kappa shape index (κ2) is 9.95. The highest BCUT2D eigenvalue weighted by Gasteiger charge is 2.76. The number of nitrogens with zero attached hydrogens (tertiary/aromatic N) is 3. The van der Waals surface area contributed by atoms with E-state index in [1.54, 1.807) is 18.2 Å². The summed E-state index contributed by atoms with van der Waals surface area (Å²) in [4.78, 5) is 64.5. The van der Waals surface area contributed by atoms with Crippen molar-refractivity contribution in [2.45, 2.75) is 28.5 Å². The van der Waals surface area contributed by atoms with Gasteiger partial charge in [-0.2, -0.15) is 0 Å². The fraction of sp³-hybridized carbons (Fsp3) is 0.250. The highest BCUT2D eigenvalue weighted by atomic mass is 35.5. The average Bonchev–Trinajstić information content (AvgIpc) is 3.36. The minimum Gasteiger partial charge on any atom is -0.508 e. The quantitative estimate of drug-likeness (QED) is 0.135. The first-order valence-corrected chi connectivity index (χ1v) is 14.8. The van der Waals surface area contributed by atoms with Crippen LogP contribution in [0.4, 0.5) is 21.5 Å². The Balaban J connectivity index is 1.36. The molecule has 4 amide bonds. The van der Waals surface area contributed by atoms with Gasteiger partial charge in [0.2, 0.25) is 11.8 Å². The van der Waals surface area contributed by atoms with E-state index in [9.17, 15) is 38.8 Å². The van der Waals surface area contributed by atoms with E-state index in [1.165, 1.54) is 48.5 Å². The SMILES string of the molecule is O=C1C2CC=C3C(CC4(Cl)C(=O)N(c5ccc(F)cc5)C(=O)C4(Cl)C3c3ccc(O)cc3)C2C(=O)N1c1ccc([N+](=O)[O-])cc1. The number of phenols is 1. The Kier molecular flexibility index (Phi) is 6.44. The maximum absolute atomic E-state index is 14.3. The fourth-order valence-electron chi connectivity index (χ4n) is 7.42. The maximum Gasteiger partial charge on any atom is 0.269 e. The lowest BCUT2D eigenvalue weighted by Crippen LogP contribution is -2.60. The van der Waals surface area contributed by atoms with E-state index in [4.69, 9.17) is 23.2 Å². The molecule has 228 valence electrons. The topological polar surface area (TPSA) is 138 Å². The summed E-state index contributed by atoms with van der Waals surface area (Å²) in [6.07, 6.45) is 1.65. The van der Waals surface area contributed by atoms with E-state index in [0.717, 1.165) is 21.9 Å². The molecule has 7 rings (SSSR count). The number of aromatic hydroxyl groups is 1. The molecule has 3 aromatic rings. The Bertz CT molecular complexity index is 1850. The van der Waals surface area contributed by atoms with Gasteiger partial charge < -0.3 is 5.11 Å². The number of hydrogen-bond donors (Lipinski definition) is 1. The predicted molar refractivity (Wildman–Crippen MR) is 160 cm³/mol. The number of allylic oxidation sites excluding steroid dienone is 2. The van der Waals surface area contributed by atoms with Gasteiger partial charge in [-0.1, -0.05) is 23.8 Å². The molecule has 0 aromatic heterocycles. The van der Waals surface area contributed by atoms with Crippen LogP contribution in [-0.2, 0) is 19.2 Å². The van der Waals surface area contributed by atoms with Crippen LogP contribution >= 0.6 is 23.2 Å². The van der Waals surface area contributed by atoms with Crippen molar-refractivity contribution < 1.29 is 33.6 Å². The Morgan fingerprint density at radius 3 is 2.04 bits per heavy atom. The molecule has 10 nitrogen and oxygen atoms in total. The molecule has 2 aliphatic heterocycles. The van der Waals surface area contributed by atoms with Crippen molar-refractivity contribution in [3.63, 3.8) is 0 Å². The third-order valence-electron chi connectivity index (χ3n) is 9.44. The molecule has 3 fully saturated rings. The number of non-ortho nitro benzene ring substituents is 1. The molecule has 2 heterocycles. The zero-order chi connectivity index (χ0) is 32.0. The lowest BCUT2D eigenvalue weighted by molar-refractivity contribution is -0.384. The largest absolute Gasteiger partial charge is 0.508 e. The van der Waals surface area contributed by atoms with Crippen molar-refractivity contribution in [1.82, 2.24) is 0 Å². The summed E-state index contributed by atoms with van der Waals surface area (Å²) in [5.74, 6) is -6.98. The summed E-state index contributed by atoms with van der Waals surface area (Å²) in [7, 11) is 0. The molecule has 1 N–H and O–H groups in total. The minimum atomic E-state index is -2.09. The number of amides is 4. The third-order valence-corrected chi connectivity index (χ3v) is 10.9. The van der Waals surface area contributed by atoms with Crippen molar-refractivity contribution in [2.24, 2.45) is 17.8 Å². The number of carbonyl (C=O) groups excluding carboxylic acids is 4. The van der Waals surface area contributed by atoms with Crippen LogP contribution < -0.4 is 9.80 Å². The summed E-state index contributed by atoms with van der Waals surface area (Å²) in [5, 5.41) is 21.2. The zero-order valence-electron chi connectivity index (χ0n) is 23.1. The number of carbonyl (C=O) groups is 4. The van der Waals surface area contributed by atoms with Crippen LogP contribution in [0.5, 0.6) is 5.75 Å². The molecule has 6 unspecified atom stereocenters. The fourth-order valence-corrected chi connectivity index (χ4v) is 8.35. The molecule has 3 aromatic carbocycles. The molecule has 1 saturated carbocycles. The molecular weight excluding hydrogens is 628 g/mol. The summed E-state index contributed by atoms with van der Waals surface area (Å²) in [6, 6.07) is 15.7. The van der Waals surface area contributed by atoms with Crippen molar-refractivity contribution in [3.05, 3.63) is 106 Å². The summed E-state index contributed by atoms with van der Waals surface area (Å²) < 4.78 is 13.8. The Morgan fingerprint density at radius 1 is 0.822 bits per heavy atom. The van der Waals surface area contributed by atoms with E-state index >= 15 is 0 Å². The number of alkyl halides is 2. The Morgan fingerprint density at radius 2 is 1.42 bits per heavy atom. The van der Waals surface area contributed by atoms with E-state index < -0.39 is 67.8 Å². The third kappa shape index (κ3) is 3.93. The standard InChI is InChI=1S/C32H22Cl2FN3O7/c33-31-15-24-22(13-14-23-25(24)28(41)36(27(23)40)18-7-9-20(10-8-18)38(44)45)26(16-1-11-21(39)12-2-16)32(31,34)30(43)37(29(31)42)19-5-3-17(35)4-6-19/h1-13,23-26,39H,14-15H2. The lowest BCUT2D eigenvalue weighted by Gasteiger charge is -2.50. The van der Waals surface area contributed by atoms with Crippen molar-refractivity contribution in [3.8, 4) is 5.75 Å². The van der Waals surface area contributed by atoms with Crippen molar-refractivity contribution >= 4 is 63.9 Å². The number of benzene rings is 3. The van der Waals surface area contributed by atoms with Crippen molar-refractivity contribution in [2.75, 3.05) is 9.80 Å². The van der Waals surface area contributed by atoms with Gasteiger partial charge in [-0.25, -0.2) is 9.29 Å². The molecular formula is C32H22Cl2FN3O7. The molecule has 4 aliphatic rings. The Labute approximate surface area is 264 Å². The molecule has 45 heavy (non-hydrogen) atoms. The monoisotopic (exact) mass is 649 g/mol. The number of nitro groups is 1. The molecule has 13 heteroatoms. The van der Waals surface area contributed by atoms with Crippen LogP contribution in [-0.4, -0.2) is 43.4 Å². The van der Waals surface area contributed by atoms with Crippen LogP contribution in [0, 0.1) is 33.7 Å². The second-order valence-corrected chi connectivity index (χ2v) is 12.9. The lowest BCUT2D eigenvalue weighted by atomic mass is 9.56. The number of rotatable bonds is 4. The van der Waals surface area contributed by atoms with E-state index in [-0.39, 0.29) is 35.7 Å². The second-order valence-electron chi connectivity index (χ2n) is 11.6. The van der Waals surface area contributed by atoms with Crippen LogP contribution in [0.1, 0.15) is 24.3 Å². The number of fused-ring (bicyclic) bond motifs is 4. The maximum atomic E-state index is 14.3. The number of phenolic OH excluding ortho intramolecular Hbond substituents is 1. The van der Waals surface area contributed by atoms with Crippen LogP contribution in [0.25, 0.3) is 0 Å². The first-order chi connectivity index (χ1) is 21.4. The highest BCUT2D eigenvalue weighted by molar-refractivity contribution is 6.58. The molecule has 0 spiro atoms. The van der Waals surface area contributed by atoms with Gasteiger partial charge in [0.05, 0.1) is 28.1 Å². The number of imide groups is 2. The van der Waals surface area contributed by atoms with E-state index in [1.807, 2.05) is 0 Å². The first kappa shape index (κ1) is 29.1. The van der Waals surface area contributed by atoms with Crippen LogP contribution in [0.15, 0.2) is 84.4 Å². The average molecular weight is 650 g/mol. The molecule has 0 radical (unpaired) electrons. The highest BCUT2D eigenvalue weighted by Crippen LogP contribution is 2.66. The van der Waals surface area contributed by atoms with Crippen molar-refractivity contribution in [1.29, 1.82) is 0 Å². The smallest absolute Gasteiger partial charge is 0.269 e. The summed E-state index contributed by atoms with van der Waals surface area (Å²) >= 11 is 14.6. The van der Waals surface area contributed by atoms with Gasteiger partial charge in [0.15, 0.2) is 9.75 Å². The van der Waals surface area contributed by atoms with Gasteiger partial charge in [0.25, 0.3) is 17.5 Å². The van der Waals surface area contributed by atoms with Gasteiger partial charge in [-0.05, 0) is 72.9 Å². The molecule has 2 saturated heterocycles. The van der Waals surface area contributed by atoms with E-state index in [2.05, 4.69) is 0 Å². The van der Waals surface area contributed by atoms with Gasteiger partial charge in [-0.3, -0.25) is 34.2 Å². The van der Waals surface area contributed by atoms with E-state index in [0.29, 0.717) is 11.1 Å². The summed E-state index contributed by atoms with van der Waals surface area (Å²) in [5.41, 5.74) is 1.03. The summed E-state index contributed by atoms with van der Waals surface area (Å²) in [6.45, 7) is 0. The molecule has 0 bridgehead atoms. The number of halogens is 3. The van der Waals surface area contributed by atoms with Gasteiger partial charge in [0, 0.05) is 18.1 Å². The van der Waals surface area contributed by atoms with Gasteiger partial charge in [-0.15, -0.1) is 23.2 Å². The minimum absolute atomic E-state index is 0.0540. The Hall–Kier alpha value is -4.61. The zero-order valence-corrected chi connectivity index (χ0v) is 24.6.